The largest absolute Gasteiger partial charge is 0.379 e. The number of nitrogens with one attached hydrogen (secondary N) is 1. The van der Waals surface area contributed by atoms with Gasteiger partial charge in [-0.2, -0.15) is 0 Å². The summed E-state index contributed by atoms with van der Waals surface area (Å²) in [5.74, 6) is 0. The first kappa shape index (κ1) is 9.49. The molecule has 1 saturated heterocycles. The number of halogens is 1. The highest BCUT2D eigenvalue weighted by Crippen LogP contribution is 2.30. The van der Waals surface area contributed by atoms with Gasteiger partial charge < -0.3 is 14.8 Å². The van der Waals surface area contributed by atoms with Crippen molar-refractivity contribution in [3.05, 3.63) is 21.5 Å². The molecule has 78 valence electrons. The van der Waals surface area contributed by atoms with Crippen LogP contribution in [0.1, 0.15) is 5.69 Å². The lowest BCUT2D eigenvalue weighted by Crippen LogP contribution is -2.46. The summed E-state index contributed by atoms with van der Waals surface area (Å²) in [5, 5.41) is 19.0. The van der Waals surface area contributed by atoms with Crippen molar-refractivity contribution in [2.24, 2.45) is 0 Å². The van der Waals surface area contributed by atoms with Crippen molar-refractivity contribution < 1.29 is 9.84 Å². The van der Waals surface area contributed by atoms with E-state index in [1.54, 1.807) is 0 Å². The Kier molecular flexibility index (Phi) is 1.98. The van der Waals surface area contributed by atoms with Gasteiger partial charge in [-0.15, -0.1) is 10.2 Å². The van der Waals surface area contributed by atoms with Gasteiger partial charge in [-0.1, -0.05) is 0 Å². The second-order valence-corrected chi connectivity index (χ2v) is 4.78. The maximum Gasteiger partial charge on any atom is 0.160 e. The predicted octanol–water partition coefficient (Wildman–Crippen LogP) is 0.780. The van der Waals surface area contributed by atoms with Gasteiger partial charge in [-0.05, 0) is 34.7 Å². The molecule has 0 saturated carbocycles. The van der Waals surface area contributed by atoms with Gasteiger partial charge in [0.15, 0.2) is 11.2 Å². The Morgan fingerprint density at radius 2 is 2.20 bits per heavy atom. The summed E-state index contributed by atoms with van der Waals surface area (Å²) in [4.78, 5) is 3.06. The highest BCUT2D eigenvalue weighted by atomic mass is 127. The minimum absolute atomic E-state index is 0.338. The number of aromatic nitrogens is 3. The Morgan fingerprint density at radius 1 is 1.40 bits per heavy atom. The number of nitrogens with zero attached hydrogens (tertiary/aromatic N) is 2. The number of aliphatic hydroxyl groups is 1. The molecule has 1 aliphatic heterocycles. The number of H-pyrrole nitrogens is 1. The highest BCUT2D eigenvalue weighted by molar-refractivity contribution is 14.1. The van der Waals surface area contributed by atoms with Crippen LogP contribution in [0.2, 0.25) is 0 Å². The standard InChI is InChI=1S/C9H8IN3O2/c10-7-2-5-1-6(9(14)3-15-4-9)11-8(5)13-12-7/h1-2,14H,3-4H2,(H,11,13). The van der Waals surface area contributed by atoms with Crippen molar-refractivity contribution >= 4 is 33.6 Å². The molecule has 0 atom stereocenters. The molecule has 0 bridgehead atoms. The van der Waals surface area contributed by atoms with Crippen molar-refractivity contribution in [3.63, 3.8) is 0 Å². The van der Waals surface area contributed by atoms with E-state index in [-0.39, 0.29) is 0 Å². The van der Waals surface area contributed by atoms with Crippen LogP contribution in [0.5, 0.6) is 0 Å². The topological polar surface area (TPSA) is 71.0 Å². The van der Waals surface area contributed by atoms with Gasteiger partial charge in [0.2, 0.25) is 0 Å². The van der Waals surface area contributed by atoms with E-state index in [1.165, 1.54) is 0 Å². The lowest BCUT2D eigenvalue weighted by Gasteiger charge is -2.35. The lowest BCUT2D eigenvalue weighted by atomic mass is 9.98. The van der Waals surface area contributed by atoms with Gasteiger partial charge in [-0.3, -0.25) is 0 Å². The lowest BCUT2D eigenvalue weighted by molar-refractivity contribution is -0.186. The minimum atomic E-state index is -0.869. The molecule has 6 heteroatoms. The van der Waals surface area contributed by atoms with Crippen LogP contribution in [-0.2, 0) is 10.3 Å². The molecule has 15 heavy (non-hydrogen) atoms. The Morgan fingerprint density at radius 3 is 2.87 bits per heavy atom. The van der Waals surface area contributed by atoms with Crippen LogP contribution in [0, 0.1) is 3.70 Å². The van der Waals surface area contributed by atoms with Crippen molar-refractivity contribution in [2.45, 2.75) is 5.60 Å². The number of hydrogen-bond donors (Lipinski definition) is 2. The fourth-order valence-corrected chi connectivity index (χ4v) is 2.05. The Hall–Kier alpha value is -0.730. The average Bonchev–Trinajstić information content (AvgIpc) is 2.57. The van der Waals surface area contributed by atoms with Crippen molar-refractivity contribution in [2.75, 3.05) is 13.2 Å². The third-order valence-electron chi connectivity index (χ3n) is 2.53. The van der Waals surface area contributed by atoms with Crippen LogP contribution in [0.4, 0.5) is 0 Å². The van der Waals surface area contributed by atoms with E-state index in [0.717, 1.165) is 14.8 Å². The van der Waals surface area contributed by atoms with Crippen LogP contribution in [0.3, 0.4) is 0 Å². The van der Waals surface area contributed by atoms with Crippen molar-refractivity contribution in [1.82, 2.24) is 15.2 Å². The normalized spacial score (nSPS) is 19.1. The maximum atomic E-state index is 10.0. The third-order valence-corrected chi connectivity index (χ3v) is 3.06. The molecule has 0 aromatic carbocycles. The summed E-state index contributed by atoms with van der Waals surface area (Å²) in [5.41, 5.74) is 0.581. The molecule has 2 N–H and O–H groups in total. The van der Waals surface area contributed by atoms with Crippen molar-refractivity contribution in [1.29, 1.82) is 0 Å². The molecular formula is C9H8IN3O2. The zero-order valence-electron chi connectivity index (χ0n) is 7.70. The van der Waals surface area contributed by atoms with E-state index in [2.05, 4.69) is 37.8 Å². The van der Waals surface area contributed by atoms with E-state index in [0.29, 0.717) is 18.9 Å². The van der Waals surface area contributed by atoms with E-state index < -0.39 is 5.60 Å². The number of rotatable bonds is 1. The van der Waals surface area contributed by atoms with Crippen LogP contribution in [0.15, 0.2) is 12.1 Å². The summed E-state index contributed by atoms with van der Waals surface area (Å²) >= 11 is 2.11. The minimum Gasteiger partial charge on any atom is -0.379 e. The van der Waals surface area contributed by atoms with Gasteiger partial charge >= 0.3 is 0 Å². The molecule has 3 rings (SSSR count). The first-order chi connectivity index (χ1) is 7.17. The van der Waals surface area contributed by atoms with E-state index in [1.807, 2.05) is 12.1 Å². The molecule has 3 heterocycles. The average molecular weight is 317 g/mol. The first-order valence-corrected chi connectivity index (χ1v) is 5.58. The first-order valence-electron chi connectivity index (χ1n) is 4.50. The summed E-state index contributed by atoms with van der Waals surface area (Å²) in [6, 6.07) is 3.82. The van der Waals surface area contributed by atoms with Crippen LogP contribution in [0.25, 0.3) is 11.0 Å². The number of fused-ring (bicyclic) bond motifs is 1. The fraction of sp³-hybridized carbons (Fsp3) is 0.333. The Bertz CT molecular complexity index is 521. The van der Waals surface area contributed by atoms with E-state index in [4.69, 9.17) is 4.74 Å². The zero-order valence-corrected chi connectivity index (χ0v) is 9.85. The monoisotopic (exact) mass is 317 g/mol. The van der Waals surface area contributed by atoms with Gasteiger partial charge in [-0.25, -0.2) is 0 Å². The maximum absolute atomic E-state index is 10.0. The fourth-order valence-electron chi connectivity index (χ4n) is 1.61. The Labute approximate surface area is 99.0 Å². The molecular weight excluding hydrogens is 309 g/mol. The molecule has 0 spiro atoms. The summed E-state index contributed by atoms with van der Waals surface area (Å²) in [6.07, 6.45) is 0. The number of aromatic amines is 1. The second kappa shape index (κ2) is 3.13. The molecule has 2 aromatic heterocycles. The summed E-state index contributed by atoms with van der Waals surface area (Å²) < 4.78 is 5.84. The highest BCUT2D eigenvalue weighted by Gasteiger charge is 2.39. The molecule has 0 aliphatic carbocycles. The third kappa shape index (κ3) is 1.44. The van der Waals surface area contributed by atoms with Crippen LogP contribution in [-0.4, -0.2) is 33.5 Å². The van der Waals surface area contributed by atoms with Crippen LogP contribution < -0.4 is 0 Å². The van der Waals surface area contributed by atoms with Crippen molar-refractivity contribution in [3.8, 4) is 0 Å². The van der Waals surface area contributed by atoms with Gasteiger partial charge in [0.1, 0.15) is 3.70 Å². The van der Waals surface area contributed by atoms with Gasteiger partial charge in [0.05, 0.1) is 18.9 Å². The molecule has 1 fully saturated rings. The van der Waals surface area contributed by atoms with Gasteiger partial charge in [0, 0.05) is 5.39 Å². The number of hydrogen-bond acceptors (Lipinski definition) is 4. The molecule has 0 unspecified atom stereocenters. The smallest absolute Gasteiger partial charge is 0.160 e. The summed E-state index contributed by atoms with van der Waals surface area (Å²) in [7, 11) is 0. The SMILES string of the molecule is OC1(c2cc3cc(I)nnc3[nH]2)COC1. The predicted molar refractivity (Wildman–Crippen MR) is 61.3 cm³/mol. The molecule has 5 nitrogen and oxygen atoms in total. The summed E-state index contributed by atoms with van der Waals surface area (Å²) in [6.45, 7) is 0.675. The second-order valence-electron chi connectivity index (χ2n) is 3.68. The Balaban J connectivity index is 2.14. The van der Waals surface area contributed by atoms with E-state index >= 15 is 0 Å². The quantitative estimate of drug-likeness (QED) is 0.763. The van der Waals surface area contributed by atoms with Gasteiger partial charge in [0.25, 0.3) is 0 Å². The van der Waals surface area contributed by atoms with Crippen LogP contribution >= 0.6 is 22.6 Å². The zero-order chi connectivity index (χ0) is 10.5. The molecule has 1 aliphatic rings. The molecule has 0 radical (unpaired) electrons. The molecule has 0 amide bonds. The molecule has 2 aromatic rings. The number of ether oxygens (including phenoxy) is 1. The van der Waals surface area contributed by atoms with E-state index in [9.17, 15) is 5.11 Å².